The van der Waals surface area contributed by atoms with Gasteiger partial charge in [-0.15, -0.1) is 59.2 Å². The molecule has 0 unspecified atom stereocenters. The normalized spacial score (nSPS) is 10.8. The van der Waals surface area contributed by atoms with Crippen LogP contribution < -0.4 is 0 Å². The summed E-state index contributed by atoms with van der Waals surface area (Å²) in [6.07, 6.45) is 6.67. The van der Waals surface area contributed by atoms with Gasteiger partial charge in [-0.1, -0.05) is 42.0 Å². The first-order valence-electron chi connectivity index (χ1n) is 11.1. The molecule has 0 saturated heterocycles. The minimum atomic E-state index is 0. The van der Waals surface area contributed by atoms with Gasteiger partial charge in [-0.2, -0.15) is 0 Å². The number of nitrogens with zero attached hydrogens (tertiary/aromatic N) is 5. The molecule has 175 valence electrons. The zero-order valence-corrected chi connectivity index (χ0v) is 21.5. The molecule has 1 aliphatic rings. The average molecular weight is 642 g/mol. The van der Waals surface area contributed by atoms with Gasteiger partial charge in [0.2, 0.25) is 0 Å². The summed E-state index contributed by atoms with van der Waals surface area (Å²) in [4.78, 5) is 12.2. The Labute approximate surface area is 223 Å². The summed E-state index contributed by atoms with van der Waals surface area (Å²) >= 11 is 0. The molecule has 0 fully saturated rings. The van der Waals surface area contributed by atoms with Gasteiger partial charge in [-0.3, -0.25) is 14.8 Å². The van der Waals surface area contributed by atoms with Gasteiger partial charge in [0.05, 0.1) is 12.4 Å². The number of hydrogen-bond acceptors (Lipinski definition) is 3. The van der Waals surface area contributed by atoms with Gasteiger partial charge in [-0.25, -0.2) is 5.26 Å². The van der Waals surface area contributed by atoms with Crippen molar-refractivity contribution in [3.8, 4) is 39.8 Å². The molecule has 0 saturated carbocycles. The van der Waals surface area contributed by atoms with Crippen LogP contribution in [0.5, 0.6) is 0 Å². The third kappa shape index (κ3) is 5.16. The molecule has 0 atom stereocenters. The zero-order chi connectivity index (χ0) is 24.0. The molecule has 36 heavy (non-hydrogen) atoms. The van der Waals surface area contributed by atoms with Crippen LogP contribution in [0, 0.1) is 30.0 Å². The van der Waals surface area contributed by atoms with Crippen molar-refractivity contribution in [1.82, 2.24) is 14.5 Å². The zero-order valence-electron chi connectivity index (χ0n) is 19.1. The maximum Gasteiger partial charge on any atom is 0.125 e. The standard InChI is InChI=1S/C19H10N3.C11H9N2.Ir/c1-21-17-11-14(13-20)10-16(12-17)19-18(8-5-9-22-19)15-6-3-2-4-7-15;1-2-4-10-9(3-1)5-7-13-8-6-12-11(10)13;/h2-9,11-12H;1-3,6,8H,5,7H2;/q2*-1;. The fraction of sp³-hybridized carbons (Fsp3) is 0.0667. The molecule has 2 aromatic heterocycles. The van der Waals surface area contributed by atoms with Crippen LogP contribution in [0.2, 0.25) is 0 Å². The van der Waals surface area contributed by atoms with E-state index in [1.165, 1.54) is 17.2 Å². The number of nitriles is 1. The van der Waals surface area contributed by atoms with Gasteiger partial charge in [0.25, 0.3) is 0 Å². The quantitative estimate of drug-likeness (QED) is 0.206. The van der Waals surface area contributed by atoms with E-state index in [1.54, 1.807) is 12.3 Å². The molecule has 5 aromatic rings. The summed E-state index contributed by atoms with van der Waals surface area (Å²) < 4.78 is 2.18. The van der Waals surface area contributed by atoms with Crippen LogP contribution in [-0.4, -0.2) is 14.5 Å². The summed E-state index contributed by atoms with van der Waals surface area (Å²) in [7, 11) is 0. The van der Waals surface area contributed by atoms with Crippen LogP contribution in [0.4, 0.5) is 5.69 Å². The predicted octanol–water partition coefficient (Wildman–Crippen LogP) is 6.54. The molecule has 1 radical (unpaired) electrons. The Bertz CT molecular complexity index is 1540. The van der Waals surface area contributed by atoms with E-state index in [4.69, 9.17) is 11.8 Å². The summed E-state index contributed by atoms with van der Waals surface area (Å²) in [5.74, 6) is 1.06. The number of imidazole rings is 1. The summed E-state index contributed by atoms with van der Waals surface area (Å²) in [6.45, 7) is 8.22. The number of aryl methyl sites for hydroxylation is 2. The summed E-state index contributed by atoms with van der Waals surface area (Å²) in [5, 5.41) is 9.11. The number of fused-ring (bicyclic) bond motifs is 3. The van der Waals surface area contributed by atoms with Crippen LogP contribution in [-0.2, 0) is 33.1 Å². The van der Waals surface area contributed by atoms with E-state index in [2.05, 4.69) is 37.6 Å². The molecule has 5 nitrogen and oxygen atoms in total. The Morgan fingerprint density at radius 2 is 1.86 bits per heavy atom. The second-order valence-electron chi connectivity index (χ2n) is 7.92. The summed E-state index contributed by atoms with van der Waals surface area (Å²) in [5.41, 5.74) is 6.64. The number of benzene rings is 3. The molecule has 0 aliphatic carbocycles. The van der Waals surface area contributed by atoms with Crippen molar-refractivity contribution in [2.24, 2.45) is 0 Å². The SMILES string of the molecule is [C-]#[N+]c1cc(C#N)[c-]c(-c2ncccc2-c2ccccc2)c1.[Ir].[c-]1cccc2c1-c1nccn1CC2. The first kappa shape index (κ1) is 24.8. The molecule has 1 aliphatic heterocycles. The van der Waals surface area contributed by atoms with Crippen molar-refractivity contribution in [1.29, 1.82) is 5.26 Å². The largest absolute Gasteiger partial charge is 0.371 e. The van der Waals surface area contributed by atoms with Crippen molar-refractivity contribution in [2.45, 2.75) is 13.0 Å². The second kappa shape index (κ2) is 11.4. The minimum Gasteiger partial charge on any atom is -0.371 e. The van der Waals surface area contributed by atoms with E-state index in [0.29, 0.717) is 16.8 Å². The van der Waals surface area contributed by atoms with Gasteiger partial charge < -0.3 is 4.57 Å². The summed E-state index contributed by atoms with van der Waals surface area (Å²) in [6, 6.07) is 31.4. The monoisotopic (exact) mass is 642 g/mol. The Balaban J connectivity index is 0.000000185. The topological polar surface area (TPSA) is 58.9 Å². The van der Waals surface area contributed by atoms with Gasteiger partial charge in [0, 0.05) is 50.9 Å². The maximum absolute atomic E-state index is 9.11. The van der Waals surface area contributed by atoms with Crippen LogP contribution in [0.3, 0.4) is 0 Å². The van der Waals surface area contributed by atoms with Crippen LogP contribution in [0.15, 0.2) is 91.4 Å². The van der Waals surface area contributed by atoms with Crippen molar-refractivity contribution in [3.63, 3.8) is 0 Å². The number of aromatic nitrogens is 3. The van der Waals surface area contributed by atoms with Crippen molar-refractivity contribution >= 4 is 5.69 Å². The van der Waals surface area contributed by atoms with Crippen LogP contribution in [0.25, 0.3) is 38.6 Å². The van der Waals surface area contributed by atoms with Gasteiger partial charge in [-0.05, 0) is 29.7 Å². The van der Waals surface area contributed by atoms with Crippen molar-refractivity contribution < 1.29 is 20.1 Å². The number of hydrogen-bond donors (Lipinski definition) is 0. The third-order valence-electron chi connectivity index (χ3n) is 5.75. The fourth-order valence-electron chi connectivity index (χ4n) is 4.12. The molecule has 6 rings (SSSR count). The number of pyridine rings is 1. The van der Waals surface area contributed by atoms with E-state index < -0.39 is 0 Å². The molecule has 0 N–H and O–H groups in total. The van der Waals surface area contributed by atoms with Crippen LogP contribution in [0.1, 0.15) is 11.1 Å². The number of rotatable bonds is 2. The molecular weight excluding hydrogens is 623 g/mol. The molecule has 6 heteroatoms. The molecular formula is C30H19IrN5-2. The Morgan fingerprint density at radius 1 is 1.00 bits per heavy atom. The van der Waals surface area contributed by atoms with Gasteiger partial charge in [0.1, 0.15) is 5.69 Å². The molecule has 3 heterocycles. The Kier molecular flexibility index (Phi) is 7.83. The molecule has 3 aromatic carbocycles. The Hall–Kier alpha value is -4.35. The molecule has 0 spiro atoms. The van der Waals surface area contributed by atoms with Crippen molar-refractivity contribution in [3.05, 3.63) is 126 Å². The van der Waals surface area contributed by atoms with Crippen LogP contribution >= 0.6 is 0 Å². The molecule has 0 amide bonds. The van der Waals surface area contributed by atoms with Crippen molar-refractivity contribution in [2.75, 3.05) is 0 Å². The fourth-order valence-corrected chi connectivity index (χ4v) is 4.12. The smallest absolute Gasteiger partial charge is 0.125 e. The van der Waals surface area contributed by atoms with E-state index in [1.807, 2.05) is 73.1 Å². The average Bonchev–Trinajstić information content (AvgIpc) is 3.43. The molecule has 0 bridgehead atoms. The van der Waals surface area contributed by atoms with E-state index in [0.717, 1.165) is 35.6 Å². The van der Waals surface area contributed by atoms with E-state index in [-0.39, 0.29) is 20.1 Å². The first-order chi connectivity index (χ1) is 17.3. The van der Waals surface area contributed by atoms with E-state index in [9.17, 15) is 0 Å². The Morgan fingerprint density at radius 3 is 2.67 bits per heavy atom. The first-order valence-corrected chi connectivity index (χ1v) is 11.1. The minimum absolute atomic E-state index is 0. The maximum atomic E-state index is 9.11. The van der Waals surface area contributed by atoms with Gasteiger partial charge in [0.15, 0.2) is 0 Å². The third-order valence-corrected chi connectivity index (χ3v) is 5.75. The second-order valence-corrected chi connectivity index (χ2v) is 7.92. The predicted molar refractivity (Wildman–Crippen MR) is 135 cm³/mol. The van der Waals surface area contributed by atoms with E-state index >= 15 is 0 Å². The van der Waals surface area contributed by atoms with Gasteiger partial charge >= 0.3 is 0 Å².